The number of hydrogen-bond donors (Lipinski definition) is 1. The van der Waals surface area contributed by atoms with Crippen LogP contribution in [-0.4, -0.2) is 61.0 Å². The van der Waals surface area contributed by atoms with Crippen molar-refractivity contribution in [2.45, 2.75) is 37.0 Å². The average molecular weight is 449 g/mol. The predicted octanol–water partition coefficient (Wildman–Crippen LogP) is 1.85. The molecular weight excluding hydrogens is 423 g/mol. The molecule has 2 aromatic rings. The SMILES string of the molecule is CNC(=O)c1cnc(C2CCCN(C(=O)CCS(=O)(=O)c3ccc(F)cc3)C2)nc1C. The number of carbonyl (C=O) groups is 2. The summed E-state index contributed by atoms with van der Waals surface area (Å²) in [5.74, 6) is -0.878. The molecular formula is C21H25FN4O4S. The molecule has 1 unspecified atom stereocenters. The Kier molecular flexibility index (Phi) is 6.99. The maximum absolute atomic E-state index is 13.0. The van der Waals surface area contributed by atoms with E-state index in [0.717, 1.165) is 25.0 Å². The van der Waals surface area contributed by atoms with Crippen molar-refractivity contribution in [3.8, 4) is 0 Å². The van der Waals surface area contributed by atoms with E-state index in [0.29, 0.717) is 30.2 Å². The summed E-state index contributed by atoms with van der Waals surface area (Å²) in [5.41, 5.74) is 0.971. The summed E-state index contributed by atoms with van der Waals surface area (Å²) in [6.45, 7) is 2.68. The number of likely N-dealkylation sites (tertiary alicyclic amines) is 1. The largest absolute Gasteiger partial charge is 0.355 e. The molecule has 1 atom stereocenters. The van der Waals surface area contributed by atoms with Crippen LogP contribution in [0.5, 0.6) is 0 Å². The van der Waals surface area contributed by atoms with Gasteiger partial charge in [0, 0.05) is 38.7 Å². The van der Waals surface area contributed by atoms with Gasteiger partial charge in [0.25, 0.3) is 5.91 Å². The second-order valence-electron chi connectivity index (χ2n) is 7.51. The van der Waals surface area contributed by atoms with Gasteiger partial charge in [0.1, 0.15) is 11.6 Å². The van der Waals surface area contributed by atoms with Crippen molar-refractivity contribution < 1.29 is 22.4 Å². The van der Waals surface area contributed by atoms with Gasteiger partial charge in [-0.2, -0.15) is 0 Å². The van der Waals surface area contributed by atoms with E-state index in [2.05, 4.69) is 15.3 Å². The molecule has 0 radical (unpaired) electrons. The van der Waals surface area contributed by atoms with Gasteiger partial charge < -0.3 is 10.2 Å². The fraction of sp³-hybridized carbons (Fsp3) is 0.429. The highest BCUT2D eigenvalue weighted by atomic mass is 32.2. The van der Waals surface area contributed by atoms with Gasteiger partial charge in [-0.05, 0) is 44.0 Å². The molecule has 0 saturated carbocycles. The van der Waals surface area contributed by atoms with Crippen LogP contribution in [-0.2, 0) is 14.6 Å². The number of aryl methyl sites for hydroxylation is 1. The van der Waals surface area contributed by atoms with E-state index >= 15 is 0 Å². The van der Waals surface area contributed by atoms with E-state index in [1.807, 2.05) is 0 Å². The number of rotatable bonds is 6. The molecule has 2 amide bonds. The minimum absolute atomic E-state index is 0.00157. The molecule has 1 N–H and O–H groups in total. The summed E-state index contributed by atoms with van der Waals surface area (Å²) < 4.78 is 37.9. The van der Waals surface area contributed by atoms with Gasteiger partial charge in [0.15, 0.2) is 9.84 Å². The summed E-state index contributed by atoms with van der Waals surface area (Å²) in [6.07, 6.45) is 2.89. The molecule has 2 heterocycles. The first-order valence-electron chi connectivity index (χ1n) is 10.0. The summed E-state index contributed by atoms with van der Waals surface area (Å²) in [7, 11) is -2.14. The molecule has 3 rings (SSSR count). The number of piperidine rings is 1. The van der Waals surface area contributed by atoms with Crippen LogP contribution in [0.3, 0.4) is 0 Å². The average Bonchev–Trinajstić information content (AvgIpc) is 2.77. The molecule has 1 aliphatic heterocycles. The van der Waals surface area contributed by atoms with E-state index in [1.54, 1.807) is 11.8 Å². The third-order valence-electron chi connectivity index (χ3n) is 5.37. The van der Waals surface area contributed by atoms with E-state index < -0.39 is 15.7 Å². The summed E-state index contributed by atoms with van der Waals surface area (Å²) in [5, 5.41) is 2.54. The van der Waals surface area contributed by atoms with E-state index in [4.69, 9.17) is 0 Å². The normalized spacial score (nSPS) is 16.7. The van der Waals surface area contributed by atoms with Crippen LogP contribution in [0.2, 0.25) is 0 Å². The lowest BCUT2D eigenvalue weighted by Crippen LogP contribution is -2.40. The monoisotopic (exact) mass is 448 g/mol. The Hall–Kier alpha value is -2.88. The highest BCUT2D eigenvalue weighted by molar-refractivity contribution is 7.91. The second kappa shape index (κ2) is 9.51. The van der Waals surface area contributed by atoms with Gasteiger partial charge in [-0.15, -0.1) is 0 Å². The van der Waals surface area contributed by atoms with Crippen LogP contribution in [0.15, 0.2) is 35.4 Å². The Bertz CT molecular complexity index is 1070. The molecule has 31 heavy (non-hydrogen) atoms. The zero-order valence-electron chi connectivity index (χ0n) is 17.5. The highest BCUT2D eigenvalue weighted by Crippen LogP contribution is 2.25. The number of benzene rings is 1. The predicted molar refractivity (Wildman–Crippen MR) is 112 cm³/mol. The van der Waals surface area contributed by atoms with Crippen molar-refractivity contribution in [3.05, 3.63) is 53.4 Å². The van der Waals surface area contributed by atoms with Gasteiger partial charge in [0.05, 0.1) is 21.9 Å². The number of sulfone groups is 1. The Morgan fingerprint density at radius 3 is 2.61 bits per heavy atom. The zero-order chi connectivity index (χ0) is 22.6. The van der Waals surface area contributed by atoms with Gasteiger partial charge in [-0.25, -0.2) is 22.8 Å². The molecule has 0 spiro atoms. The van der Waals surface area contributed by atoms with Crippen LogP contribution in [0, 0.1) is 12.7 Å². The van der Waals surface area contributed by atoms with Crippen molar-refractivity contribution in [2.24, 2.45) is 0 Å². The van der Waals surface area contributed by atoms with Gasteiger partial charge in [0.2, 0.25) is 5.91 Å². The lowest BCUT2D eigenvalue weighted by molar-refractivity contribution is -0.132. The second-order valence-corrected chi connectivity index (χ2v) is 9.62. The minimum atomic E-state index is -3.67. The molecule has 166 valence electrons. The van der Waals surface area contributed by atoms with Crippen LogP contribution >= 0.6 is 0 Å². The molecule has 0 aliphatic carbocycles. The van der Waals surface area contributed by atoms with Crippen molar-refractivity contribution in [2.75, 3.05) is 25.9 Å². The number of aromatic nitrogens is 2. The van der Waals surface area contributed by atoms with Crippen molar-refractivity contribution >= 4 is 21.7 Å². The van der Waals surface area contributed by atoms with Crippen LogP contribution in [0.1, 0.15) is 47.1 Å². The molecule has 8 nitrogen and oxygen atoms in total. The number of nitrogens with zero attached hydrogens (tertiary/aromatic N) is 3. The third kappa shape index (κ3) is 5.43. The highest BCUT2D eigenvalue weighted by Gasteiger charge is 2.28. The minimum Gasteiger partial charge on any atom is -0.355 e. The lowest BCUT2D eigenvalue weighted by atomic mass is 9.96. The Morgan fingerprint density at radius 1 is 1.26 bits per heavy atom. The van der Waals surface area contributed by atoms with E-state index in [9.17, 15) is 22.4 Å². The van der Waals surface area contributed by atoms with E-state index in [1.165, 1.54) is 25.4 Å². The number of carbonyl (C=O) groups excluding carboxylic acids is 2. The van der Waals surface area contributed by atoms with Gasteiger partial charge in [-0.1, -0.05) is 0 Å². The summed E-state index contributed by atoms with van der Waals surface area (Å²) in [4.78, 5) is 34.9. The topological polar surface area (TPSA) is 109 Å². The molecule has 1 aliphatic rings. The number of halogens is 1. The number of amides is 2. The molecule has 1 aromatic carbocycles. The van der Waals surface area contributed by atoms with Crippen LogP contribution in [0.25, 0.3) is 0 Å². The maximum Gasteiger partial charge on any atom is 0.254 e. The Labute approximate surface area is 180 Å². The summed E-state index contributed by atoms with van der Waals surface area (Å²) >= 11 is 0. The smallest absolute Gasteiger partial charge is 0.254 e. The van der Waals surface area contributed by atoms with E-state index in [-0.39, 0.29) is 34.8 Å². The standard InChI is InChI=1S/C21H25FN4O4S/c1-14-18(21(28)23-2)12-24-20(25-14)15-4-3-10-26(13-15)19(27)9-11-31(29,30)17-7-5-16(22)6-8-17/h5-8,12,15H,3-4,9-11,13H2,1-2H3,(H,23,28). The molecule has 0 bridgehead atoms. The Balaban J connectivity index is 1.63. The van der Waals surface area contributed by atoms with Crippen molar-refractivity contribution in [3.63, 3.8) is 0 Å². The zero-order valence-corrected chi connectivity index (χ0v) is 18.3. The first kappa shape index (κ1) is 22.8. The van der Waals surface area contributed by atoms with Crippen LogP contribution in [0.4, 0.5) is 4.39 Å². The molecule has 1 fully saturated rings. The van der Waals surface area contributed by atoms with Crippen LogP contribution < -0.4 is 5.32 Å². The van der Waals surface area contributed by atoms with Gasteiger partial charge in [-0.3, -0.25) is 9.59 Å². The number of nitrogens with one attached hydrogen (secondary N) is 1. The lowest BCUT2D eigenvalue weighted by Gasteiger charge is -2.32. The first-order valence-corrected chi connectivity index (χ1v) is 11.7. The van der Waals surface area contributed by atoms with Crippen molar-refractivity contribution in [1.29, 1.82) is 0 Å². The molecule has 10 heteroatoms. The fourth-order valence-electron chi connectivity index (χ4n) is 3.59. The molecule has 1 aromatic heterocycles. The Morgan fingerprint density at radius 2 is 1.97 bits per heavy atom. The molecule has 1 saturated heterocycles. The fourth-order valence-corrected chi connectivity index (χ4v) is 4.82. The maximum atomic E-state index is 13.0. The van der Waals surface area contributed by atoms with Crippen molar-refractivity contribution in [1.82, 2.24) is 20.2 Å². The quantitative estimate of drug-likeness (QED) is 0.676. The third-order valence-corrected chi connectivity index (χ3v) is 7.10. The van der Waals surface area contributed by atoms with Gasteiger partial charge >= 0.3 is 0 Å². The first-order chi connectivity index (χ1) is 14.7. The number of hydrogen-bond acceptors (Lipinski definition) is 6. The summed E-state index contributed by atoms with van der Waals surface area (Å²) in [6, 6.07) is 4.57.